The quantitative estimate of drug-likeness (QED) is 0.306. The van der Waals surface area contributed by atoms with Crippen molar-refractivity contribution in [3.05, 3.63) is 0 Å². The topological polar surface area (TPSA) is 99.1 Å². The molecule has 0 aromatic heterocycles. The average molecular weight is 325 g/mol. The third-order valence-electron chi connectivity index (χ3n) is 1.80. The third-order valence-corrected chi connectivity index (χ3v) is 1.80. The fourth-order valence-electron chi connectivity index (χ4n) is 0.944. The highest BCUT2D eigenvalue weighted by Crippen LogP contribution is 2.22. The lowest BCUT2D eigenvalue weighted by atomic mass is 10.5. The lowest BCUT2D eigenvalue weighted by Gasteiger charge is -2.31. The molecule has 2 unspecified atom stereocenters. The summed E-state index contributed by atoms with van der Waals surface area (Å²) in [4.78, 5) is 12.0. The Bertz CT molecular complexity index is 282. The van der Waals surface area contributed by atoms with Crippen LogP contribution in [0.3, 0.4) is 0 Å². The van der Waals surface area contributed by atoms with Crippen molar-refractivity contribution in [2.75, 3.05) is 34.0 Å². The minimum absolute atomic E-state index is 0.0861. The van der Waals surface area contributed by atoms with Crippen LogP contribution >= 0.6 is 0 Å². The third kappa shape index (κ3) is 8.45. The number of alkyl halides is 3. The number of nitrogens with zero attached hydrogens (tertiary/aromatic N) is 1. The Morgan fingerprint density at radius 1 is 1.19 bits per heavy atom. The van der Waals surface area contributed by atoms with Crippen LogP contribution in [0.25, 0.3) is 0 Å². The Hall–Kier alpha value is -0.570. The van der Waals surface area contributed by atoms with Gasteiger partial charge in [0.2, 0.25) is 0 Å². The van der Waals surface area contributed by atoms with Crippen LogP contribution in [-0.2, 0) is 28.7 Å². The first-order chi connectivity index (χ1) is 9.68. The minimum atomic E-state index is -5.16. The van der Waals surface area contributed by atoms with E-state index >= 15 is 0 Å². The van der Waals surface area contributed by atoms with Gasteiger partial charge in [0, 0.05) is 20.8 Å². The van der Waals surface area contributed by atoms with E-state index in [1.165, 1.54) is 14.0 Å². The maximum Gasteiger partial charge on any atom is 0.542 e. The number of aliphatic hydroxyl groups is 2. The number of rotatable bonds is 11. The Labute approximate surface area is 118 Å². The molecule has 0 aliphatic rings. The van der Waals surface area contributed by atoms with Crippen LogP contribution in [0, 0.1) is 0 Å². The predicted molar refractivity (Wildman–Crippen MR) is 57.5 cm³/mol. The smallest absolute Gasteiger partial charge is 0.382 e. The van der Waals surface area contributed by atoms with Gasteiger partial charge >= 0.3 is 12.3 Å². The molecule has 0 heterocycles. The molecule has 0 fully saturated rings. The molecule has 0 amide bonds. The van der Waals surface area contributed by atoms with Crippen molar-refractivity contribution in [1.82, 2.24) is 5.39 Å². The summed E-state index contributed by atoms with van der Waals surface area (Å²) < 4.78 is 50.0. The Morgan fingerprint density at radius 2 is 1.81 bits per heavy atom. The van der Waals surface area contributed by atoms with Crippen LogP contribution in [-0.4, -0.2) is 68.3 Å². The molecule has 0 saturated carbocycles. The van der Waals surface area contributed by atoms with Gasteiger partial charge < -0.3 is 24.4 Å². The van der Waals surface area contributed by atoms with Crippen molar-refractivity contribution in [2.24, 2.45) is 0 Å². The molecular formula is C9H18F3NO8. The van der Waals surface area contributed by atoms with Crippen LogP contribution in [0.2, 0.25) is 0 Å². The summed E-state index contributed by atoms with van der Waals surface area (Å²) in [5, 5.41) is 18.6. The van der Waals surface area contributed by atoms with E-state index in [0.717, 1.165) is 7.11 Å². The van der Waals surface area contributed by atoms with Crippen LogP contribution < -0.4 is 0 Å². The Kier molecular flexibility index (Phi) is 9.19. The van der Waals surface area contributed by atoms with E-state index in [9.17, 15) is 23.4 Å². The molecule has 0 spiro atoms. The van der Waals surface area contributed by atoms with Gasteiger partial charge in [0.05, 0.1) is 18.6 Å². The summed E-state index contributed by atoms with van der Waals surface area (Å²) in [6.45, 7) is 0.835. The highest BCUT2D eigenvalue weighted by molar-refractivity contribution is 4.55. The molecule has 0 aromatic carbocycles. The van der Waals surface area contributed by atoms with Gasteiger partial charge in [0.15, 0.2) is 0 Å². The van der Waals surface area contributed by atoms with Crippen molar-refractivity contribution >= 4 is 0 Å². The van der Waals surface area contributed by atoms with Crippen molar-refractivity contribution in [1.29, 1.82) is 0 Å². The normalized spacial score (nSPS) is 17.0. The second kappa shape index (κ2) is 9.45. The summed E-state index contributed by atoms with van der Waals surface area (Å²) in [6, 6.07) is 0. The van der Waals surface area contributed by atoms with Gasteiger partial charge in [-0.1, -0.05) is 0 Å². The summed E-state index contributed by atoms with van der Waals surface area (Å²) in [5.74, 6) is -2.72. The van der Waals surface area contributed by atoms with Gasteiger partial charge in [0.25, 0.3) is 6.29 Å². The monoisotopic (exact) mass is 325 g/mol. The Balaban J connectivity index is 4.68. The summed E-state index contributed by atoms with van der Waals surface area (Å²) in [7, 11) is 2.22. The molecule has 0 rings (SSSR count). The van der Waals surface area contributed by atoms with E-state index in [1.54, 1.807) is 0 Å². The van der Waals surface area contributed by atoms with E-state index in [4.69, 9.17) is 0 Å². The number of halogens is 3. The molecule has 0 aliphatic heterocycles. The average Bonchev–Trinajstić information content (AvgIpc) is 2.37. The number of ether oxygens (including phenoxy) is 3. The number of aliphatic hydroxyl groups excluding tert-OH is 1. The molecule has 21 heavy (non-hydrogen) atoms. The summed E-state index contributed by atoms with van der Waals surface area (Å²) in [6.07, 6.45) is -7.56. The predicted octanol–water partition coefficient (Wildman–Crippen LogP) is -0.103. The molecule has 2 atom stereocenters. The highest BCUT2D eigenvalue weighted by Gasteiger charge is 2.43. The lowest BCUT2D eigenvalue weighted by Crippen LogP contribution is -2.51. The molecule has 0 bridgehead atoms. The molecule has 128 valence electrons. The first kappa shape index (κ1) is 20.4. The fourth-order valence-corrected chi connectivity index (χ4v) is 0.944. The maximum atomic E-state index is 12.1. The largest absolute Gasteiger partial charge is 0.542 e. The van der Waals surface area contributed by atoms with Crippen molar-refractivity contribution in [3.8, 4) is 0 Å². The number of hydrogen-bond donors (Lipinski definition) is 2. The zero-order valence-electron chi connectivity index (χ0n) is 11.6. The van der Waals surface area contributed by atoms with E-state index in [2.05, 4.69) is 28.7 Å². The summed E-state index contributed by atoms with van der Waals surface area (Å²) in [5.41, 5.74) is 0. The van der Waals surface area contributed by atoms with E-state index in [-0.39, 0.29) is 19.8 Å². The molecule has 12 heteroatoms. The van der Waals surface area contributed by atoms with Gasteiger partial charge in [-0.05, 0) is 6.92 Å². The van der Waals surface area contributed by atoms with E-state index in [1.807, 2.05) is 0 Å². The second-order valence-electron chi connectivity index (χ2n) is 3.31. The lowest BCUT2D eigenvalue weighted by molar-refractivity contribution is -0.630. The van der Waals surface area contributed by atoms with Gasteiger partial charge in [-0.2, -0.15) is 0 Å². The number of hydrogen-bond acceptors (Lipinski definition) is 9. The van der Waals surface area contributed by atoms with E-state index in [0.29, 0.717) is 0 Å². The van der Waals surface area contributed by atoms with Crippen molar-refractivity contribution in [2.45, 2.75) is 25.5 Å². The second-order valence-corrected chi connectivity index (χ2v) is 3.31. The molecular weight excluding hydrogens is 307 g/mol. The highest BCUT2D eigenvalue weighted by atomic mass is 19.4. The van der Waals surface area contributed by atoms with Gasteiger partial charge in [-0.15, -0.1) is 18.0 Å². The number of methoxy groups -OCH3 is 2. The summed E-state index contributed by atoms with van der Waals surface area (Å²) >= 11 is 0. The van der Waals surface area contributed by atoms with Gasteiger partial charge in [-0.3, -0.25) is 0 Å². The minimum Gasteiger partial charge on any atom is -0.382 e. The molecule has 0 aliphatic carbocycles. The fraction of sp³-hybridized carbons (Fsp3) is 1.00. The van der Waals surface area contributed by atoms with Gasteiger partial charge in [-0.25, -0.2) is 9.68 Å². The van der Waals surface area contributed by atoms with Crippen LogP contribution in [0.15, 0.2) is 0 Å². The zero-order chi connectivity index (χ0) is 16.5. The first-order valence-corrected chi connectivity index (χ1v) is 5.62. The van der Waals surface area contributed by atoms with E-state index < -0.39 is 24.0 Å². The SMILES string of the molecule is CCOC(O)(OC)C(O)ON(OCCOC)OC(F)(F)F. The molecule has 9 nitrogen and oxygen atoms in total. The maximum absolute atomic E-state index is 12.1. The van der Waals surface area contributed by atoms with Crippen molar-refractivity contribution < 1.29 is 52.1 Å². The van der Waals surface area contributed by atoms with Gasteiger partial charge in [0.1, 0.15) is 0 Å². The molecule has 2 N–H and O–H groups in total. The standard InChI is InChI=1S/C9H18F3NO8/c1-4-18-8(15,17-3)7(14)20-13(19-6-5-16-2)21-9(10,11)12/h7,14-15H,4-6H2,1-3H3. The van der Waals surface area contributed by atoms with Crippen LogP contribution in [0.5, 0.6) is 0 Å². The molecule has 0 aromatic rings. The molecule has 0 radical (unpaired) electrons. The van der Waals surface area contributed by atoms with Crippen molar-refractivity contribution in [3.63, 3.8) is 0 Å². The van der Waals surface area contributed by atoms with Crippen LogP contribution in [0.4, 0.5) is 13.2 Å². The zero-order valence-corrected chi connectivity index (χ0v) is 11.6. The van der Waals surface area contributed by atoms with Crippen LogP contribution in [0.1, 0.15) is 6.92 Å². The Morgan fingerprint density at radius 3 is 2.24 bits per heavy atom. The molecule has 0 saturated heterocycles. The first-order valence-electron chi connectivity index (χ1n) is 5.62.